The van der Waals surface area contributed by atoms with Crippen LogP contribution < -0.4 is 4.74 Å². The highest BCUT2D eigenvalue weighted by molar-refractivity contribution is 6.20. The van der Waals surface area contributed by atoms with Crippen LogP contribution in [0.2, 0.25) is 0 Å². The molecule has 3 aromatic carbocycles. The first kappa shape index (κ1) is 17.1. The summed E-state index contributed by atoms with van der Waals surface area (Å²) >= 11 is 6.56. The minimum Gasteiger partial charge on any atom is -0.457 e. The van der Waals surface area contributed by atoms with Crippen LogP contribution in [-0.4, -0.2) is 5.38 Å². The lowest BCUT2D eigenvalue weighted by Gasteiger charge is -2.33. The normalized spacial score (nSPS) is 22.7. The highest BCUT2D eigenvalue weighted by Gasteiger charge is 2.30. The molecule has 0 aromatic heterocycles. The van der Waals surface area contributed by atoms with Gasteiger partial charge in [-0.25, -0.2) is 0 Å². The summed E-state index contributed by atoms with van der Waals surface area (Å²) in [6.07, 6.45) is 1.63. The van der Waals surface area contributed by atoms with E-state index in [1.165, 1.54) is 5.56 Å². The zero-order chi connectivity index (χ0) is 17.8. The molecule has 0 spiro atoms. The molecule has 3 aromatic rings. The number of benzene rings is 3. The van der Waals surface area contributed by atoms with E-state index in [0.717, 1.165) is 29.9 Å². The van der Waals surface area contributed by atoms with Crippen molar-refractivity contribution in [2.24, 2.45) is 0 Å². The summed E-state index contributed by atoms with van der Waals surface area (Å²) in [5.41, 5.74) is 2.28. The van der Waals surface area contributed by atoms with E-state index in [9.17, 15) is 0 Å². The van der Waals surface area contributed by atoms with Crippen molar-refractivity contribution in [3.05, 3.63) is 96.1 Å². The predicted octanol–water partition coefficient (Wildman–Crippen LogP) is 6.68. The summed E-state index contributed by atoms with van der Waals surface area (Å²) in [5, 5.41) is 0.0950. The molecule has 0 amide bonds. The first-order chi connectivity index (χ1) is 12.8. The van der Waals surface area contributed by atoms with Crippen molar-refractivity contribution in [2.45, 2.75) is 30.4 Å². The van der Waals surface area contributed by atoms with Crippen molar-refractivity contribution in [1.82, 2.24) is 0 Å². The fraction of sp³-hybridized carbons (Fsp3) is 0.217. The van der Waals surface area contributed by atoms with Gasteiger partial charge in [-0.05, 0) is 48.2 Å². The average Bonchev–Trinajstić information content (AvgIpc) is 2.69. The Kier molecular flexibility index (Phi) is 5.24. The smallest absolute Gasteiger partial charge is 0.127 e. The summed E-state index contributed by atoms with van der Waals surface area (Å²) in [6.45, 7) is 0. The molecule has 0 aliphatic carbocycles. The van der Waals surface area contributed by atoms with Crippen LogP contribution in [0.3, 0.4) is 0 Å². The highest BCUT2D eigenvalue weighted by Crippen LogP contribution is 2.41. The molecule has 3 atom stereocenters. The van der Waals surface area contributed by atoms with Gasteiger partial charge in [0.05, 0.1) is 12.2 Å². The van der Waals surface area contributed by atoms with Gasteiger partial charge >= 0.3 is 0 Å². The Bertz CT molecular complexity index is 835. The van der Waals surface area contributed by atoms with Crippen LogP contribution in [0.25, 0.3) is 0 Å². The fourth-order valence-corrected chi connectivity index (χ4v) is 3.69. The quantitative estimate of drug-likeness (QED) is 0.481. The second kappa shape index (κ2) is 7.94. The van der Waals surface area contributed by atoms with E-state index in [2.05, 4.69) is 24.3 Å². The topological polar surface area (TPSA) is 18.5 Å². The van der Waals surface area contributed by atoms with Crippen molar-refractivity contribution < 1.29 is 9.47 Å². The maximum absolute atomic E-state index is 6.56. The van der Waals surface area contributed by atoms with E-state index < -0.39 is 0 Å². The van der Waals surface area contributed by atoms with Gasteiger partial charge in [-0.3, -0.25) is 0 Å². The van der Waals surface area contributed by atoms with E-state index in [0.29, 0.717) is 0 Å². The Morgan fingerprint density at radius 1 is 0.692 bits per heavy atom. The monoisotopic (exact) mass is 364 g/mol. The lowest BCUT2D eigenvalue weighted by atomic mass is 9.94. The Hall–Kier alpha value is -2.29. The molecule has 4 rings (SSSR count). The van der Waals surface area contributed by atoms with Crippen molar-refractivity contribution in [3.63, 3.8) is 0 Å². The van der Waals surface area contributed by atoms with Gasteiger partial charge < -0.3 is 9.47 Å². The molecule has 26 heavy (non-hydrogen) atoms. The molecule has 2 nitrogen and oxygen atoms in total. The van der Waals surface area contributed by atoms with Crippen LogP contribution in [0.15, 0.2) is 84.9 Å². The van der Waals surface area contributed by atoms with Crippen LogP contribution in [-0.2, 0) is 4.74 Å². The van der Waals surface area contributed by atoms with Crippen LogP contribution in [0.5, 0.6) is 11.5 Å². The van der Waals surface area contributed by atoms with Gasteiger partial charge in [-0.15, -0.1) is 11.6 Å². The SMILES string of the molecule is ClC1CC(c2ccccc2)OC(c2cccc(Oc3ccccc3)c2)C1. The summed E-state index contributed by atoms with van der Waals surface area (Å²) in [5.74, 6) is 1.64. The van der Waals surface area contributed by atoms with Crippen molar-refractivity contribution >= 4 is 11.6 Å². The minimum absolute atomic E-state index is 0.0242. The maximum atomic E-state index is 6.56. The Morgan fingerprint density at radius 2 is 1.27 bits per heavy atom. The number of para-hydroxylation sites is 1. The van der Waals surface area contributed by atoms with Crippen molar-refractivity contribution in [1.29, 1.82) is 0 Å². The predicted molar refractivity (Wildman–Crippen MR) is 105 cm³/mol. The molecule has 132 valence electrons. The molecule has 3 heteroatoms. The summed E-state index contributed by atoms with van der Waals surface area (Å²) < 4.78 is 12.4. The van der Waals surface area contributed by atoms with Crippen LogP contribution in [0, 0.1) is 0 Å². The van der Waals surface area contributed by atoms with Crippen molar-refractivity contribution in [2.75, 3.05) is 0 Å². The first-order valence-corrected chi connectivity index (χ1v) is 9.39. The zero-order valence-corrected chi connectivity index (χ0v) is 15.2. The molecule has 0 saturated carbocycles. The molecule has 3 unspecified atom stereocenters. The van der Waals surface area contributed by atoms with Crippen LogP contribution in [0.1, 0.15) is 36.2 Å². The third-order valence-electron chi connectivity index (χ3n) is 4.65. The van der Waals surface area contributed by atoms with Gasteiger partial charge in [0, 0.05) is 5.38 Å². The van der Waals surface area contributed by atoms with Crippen LogP contribution in [0.4, 0.5) is 0 Å². The number of alkyl halides is 1. The highest BCUT2D eigenvalue weighted by atomic mass is 35.5. The van der Waals surface area contributed by atoms with E-state index in [4.69, 9.17) is 21.1 Å². The Labute approximate surface area is 159 Å². The van der Waals surface area contributed by atoms with Crippen molar-refractivity contribution in [3.8, 4) is 11.5 Å². The van der Waals surface area contributed by atoms with Gasteiger partial charge in [0.15, 0.2) is 0 Å². The molecule has 1 saturated heterocycles. The van der Waals surface area contributed by atoms with E-state index in [1.807, 2.05) is 60.7 Å². The molecule has 1 aliphatic heterocycles. The van der Waals surface area contributed by atoms with Gasteiger partial charge in [-0.1, -0.05) is 60.7 Å². The standard InChI is InChI=1S/C23H21ClO2/c24-19-15-22(17-8-3-1-4-9-17)26-23(16-19)18-10-7-13-21(14-18)25-20-11-5-2-6-12-20/h1-14,19,22-23H,15-16H2. The minimum atomic E-state index is -0.0317. The zero-order valence-electron chi connectivity index (χ0n) is 14.4. The van der Waals surface area contributed by atoms with E-state index >= 15 is 0 Å². The number of halogens is 1. The number of rotatable bonds is 4. The fourth-order valence-electron chi connectivity index (χ4n) is 3.37. The molecular formula is C23H21ClO2. The van der Waals surface area contributed by atoms with Gasteiger partial charge in [-0.2, -0.15) is 0 Å². The van der Waals surface area contributed by atoms with Gasteiger partial charge in [0.1, 0.15) is 11.5 Å². The lowest BCUT2D eigenvalue weighted by Crippen LogP contribution is -2.23. The lowest BCUT2D eigenvalue weighted by molar-refractivity contribution is -0.0517. The molecule has 1 heterocycles. The second-order valence-electron chi connectivity index (χ2n) is 6.58. The molecule has 1 fully saturated rings. The molecule has 0 N–H and O–H groups in total. The maximum Gasteiger partial charge on any atom is 0.127 e. The molecular weight excluding hydrogens is 344 g/mol. The summed E-state index contributed by atoms with van der Waals surface area (Å²) in [6, 6.07) is 28.2. The number of ether oxygens (including phenoxy) is 2. The largest absolute Gasteiger partial charge is 0.457 e. The summed E-state index contributed by atoms with van der Waals surface area (Å²) in [7, 11) is 0. The summed E-state index contributed by atoms with van der Waals surface area (Å²) in [4.78, 5) is 0. The number of hydrogen-bond acceptors (Lipinski definition) is 2. The van der Waals surface area contributed by atoms with Gasteiger partial charge in [0.25, 0.3) is 0 Å². The second-order valence-corrected chi connectivity index (χ2v) is 7.20. The first-order valence-electron chi connectivity index (χ1n) is 8.95. The van der Waals surface area contributed by atoms with Crippen LogP contribution >= 0.6 is 11.6 Å². The molecule has 0 radical (unpaired) electrons. The third kappa shape index (κ3) is 4.09. The molecule has 1 aliphatic rings. The molecule has 0 bridgehead atoms. The Balaban J connectivity index is 1.53. The van der Waals surface area contributed by atoms with E-state index in [1.54, 1.807) is 0 Å². The Morgan fingerprint density at radius 3 is 2.00 bits per heavy atom. The number of hydrogen-bond donors (Lipinski definition) is 0. The third-order valence-corrected chi connectivity index (χ3v) is 5.00. The average molecular weight is 365 g/mol. The van der Waals surface area contributed by atoms with Gasteiger partial charge in [0.2, 0.25) is 0 Å². The van der Waals surface area contributed by atoms with E-state index in [-0.39, 0.29) is 17.6 Å².